The van der Waals surface area contributed by atoms with E-state index in [1.807, 2.05) is 24.3 Å². The predicted octanol–water partition coefficient (Wildman–Crippen LogP) is 12.2. The number of esters is 2. The standard InChI is InChI=1S/C46H80NO8P/c1-6-8-10-12-14-16-18-20-21-22-23-24-25-27-29-31-33-35-37-39-46(49)55-44(43-54-56(50,51)53-41-40-47(3,4)5)42-52-45(48)38-36-34-32-30-28-26-19-17-15-13-11-9-7-2/h8,10,14,16,20-21,23-24,27,29,33,35,44H,6-7,9,11-13,15,17-19,22,25-26,28,30-32,34,36-43H2,1-5H3/p+1/b10-8-,16-14-,21-20-,24-23-,29-27-,35-33-/t44-/m1/s1/i3D3,4D3,5D3. The van der Waals surface area contributed by atoms with Crippen molar-refractivity contribution in [2.24, 2.45) is 0 Å². The molecule has 1 N–H and O–H groups in total. The lowest BCUT2D eigenvalue weighted by Gasteiger charge is -2.24. The van der Waals surface area contributed by atoms with Crippen LogP contribution in [0, 0.1) is 0 Å². The van der Waals surface area contributed by atoms with Gasteiger partial charge in [0.15, 0.2) is 6.10 Å². The normalized spacial score (nSPS) is 17.4. The number of allylic oxidation sites excluding steroid dienone is 12. The van der Waals surface area contributed by atoms with Crippen molar-refractivity contribution in [1.82, 2.24) is 0 Å². The molecule has 0 aromatic rings. The van der Waals surface area contributed by atoms with E-state index >= 15 is 0 Å². The minimum absolute atomic E-state index is 0.0573. The molecule has 0 rings (SSSR count). The summed E-state index contributed by atoms with van der Waals surface area (Å²) in [6, 6.07) is 0. The lowest BCUT2D eigenvalue weighted by Crippen LogP contribution is -2.37. The fourth-order valence-corrected chi connectivity index (χ4v) is 6.00. The Balaban J connectivity index is 5.09. The van der Waals surface area contributed by atoms with Crippen LogP contribution in [0.25, 0.3) is 0 Å². The zero-order valence-corrected chi connectivity index (χ0v) is 35.5. The molecule has 0 saturated carbocycles. The minimum Gasteiger partial charge on any atom is -0.462 e. The Bertz CT molecular complexity index is 1460. The Hall–Kier alpha value is -2.55. The van der Waals surface area contributed by atoms with Crippen LogP contribution in [0.5, 0.6) is 0 Å². The number of phosphoric acid groups is 1. The summed E-state index contributed by atoms with van der Waals surface area (Å²) in [6.07, 6.45) is 44.1. The van der Waals surface area contributed by atoms with Crippen LogP contribution in [0.4, 0.5) is 0 Å². The van der Waals surface area contributed by atoms with Crippen molar-refractivity contribution in [3.63, 3.8) is 0 Å². The first-order chi connectivity index (χ1) is 30.7. The van der Waals surface area contributed by atoms with Crippen LogP contribution in [0.1, 0.15) is 167 Å². The number of hydrogen-bond donors (Lipinski definition) is 1. The third-order valence-corrected chi connectivity index (χ3v) is 9.41. The molecule has 10 heteroatoms. The van der Waals surface area contributed by atoms with Crippen LogP contribution in [0.2, 0.25) is 0 Å². The summed E-state index contributed by atoms with van der Waals surface area (Å²) in [4.78, 5) is 35.7. The van der Waals surface area contributed by atoms with Crippen LogP contribution in [-0.4, -0.2) is 74.7 Å². The molecule has 0 aliphatic carbocycles. The van der Waals surface area contributed by atoms with E-state index in [0.29, 0.717) is 19.3 Å². The minimum atomic E-state index is -5.10. The topological polar surface area (TPSA) is 108 Å². The summed E-state index contributed by atoms with van der Waals surface area (Å²) in [7, 11) is -5.10. The maximum Gasteiger partial charge on any atom is 0.472 e. The van der Waals surface area contributed by atoms with Gasteiger partial charge in [0.1, 0.15) is 19.8 Å². The SMILES string of the molecule is [2H]C([2H])([2H])[N+](CCOP(=O)(O)OC[C@@H](COC(=O)CCCCCCCCCCCCCCC)OC(=O)CC/C=C\C/C=C\C/C=C\C/C=C\C/C=C\C/C=C\CC)(C([2H])([2H])[2H])C([2H])([2H])[2H]. The smallest absolute Gasteiger partial charge is 0.462 e. The number of rotatable bonds is 38. The first kappa shape index (κ1) is 38.9. The van der Waals surface area contributed by atoms with Gasteiger partial charge in [0.05, 0.1) is 39.9 Å². The van der Waals surface area contributed by atoms with Crippen LogP contribution in [-0.2, 0) is 32.7 Å². The van der Waals surface area contributed by atoms with E-state index in [1.165, 1.54) is 51.4 Å². The first-order valence-corrected chi connectivity index (χ1v) is 22.5. The summed E-state index contributed by atoms with van der Waals surface area (Å²) in [5.74, 6) is -1.25. The molecule has 1 unspecified atom stereocenters. The molecule has 0 aromatic heterocycles. The molecule has 0 amide bonds. The molecule has 0 spiro atoms. The predicted molar refractivity (Wildman–Crippen MR) is 233 cm³/mol. The summed E-state index contributed by atoms with van der Waals surface area (Å²) >= 11 is 0. The van der Waals surface area contributed by atoms with E-state index in [-0.39, 0.29) is 12.8 Å². The largest absolute Gasteiger partial charge is 0.472 e. The molecule has 0 aliphatic heterocycles. The lowest BCUT2D eigenvalue weighted by atomic mass is 10.0. The highest BCUT2D eigenvalue weighted by molar-refractivity contribution is 7.47. The van der Waals surface area contributed by atoms with E-state index in [2.05, 4.69) is 62.5 Å². The van der Waals surface area contributed by atoms with Gasteiger partial charge in [-0.1, -0.05) is 164 Å². The van der Waals surface area contributed by atoms with Gasteiger partial charge in [0.2, 0.25) is 0 Å². The molecule has 0 saturated heterocycles. The van der Waals surface area contributed by atoms with Gasteiger partial charge >= 0.3 is 19.8 Å². The Labute approximate surface area is 355 Å². The van der Waals surface area contributed by atoms with E-state index in [0.717, 1.165) is 57.8 Å². The maximum atomic E-state index is 12.8. The summed E-state index contributed by atoms with van der Waals surface area (Å²) in [5, 5.41) is 0. The van der Waals surface area contributed by atoms with Gasteiger partial charge < -0.3 is 18.9 Å². The van der Waals surface area contributed by atoms with Gasteiger partial charge in [-0.3, -0.25) is 18.6 Å². The number of carbonyl (C=O) groups is 2. The lowest BCUT2D eigenvalue weighted by molar-refractivity contribution is -0.870. The molecule has 2 atom stereocenters. The molecule has 0 bridgehead atoms. The zero-order valence-electron chi connectivity index (χ0n) is 43.6. The molecule has 0 aliphatic rings. The highest BCUT2D eigenvalue weighted by Crippen LogP contribution is 2.43. The van der Waals surface area contributed by atoms with Gasteiger partial charge in [-0.25, -0.2) is 4.57 Å². The summed E-state index contributed by atoms with van der Waals surface area (Å²) in [5.41, 5.74) is 0. The highest BCUT2D eigenvalue weighted by atomic mass is 31.2. The third kappa shape index (κ3) is 41.1. The van der Waals surface area contributed by atoms with Gasteiger partial charge in [-0.05, 0) is 51.4 Å². The number of carbonyl (C=O) groups excluding carboxylic acids is 2. The van der Waals surface area contributed by atoms with Gasteiger partial charge in [0, 0.05) is 12.8 Å². The van der Waals surface area contributed by atoms with Crippen molar-refractivity contribution in [3.05, 3.63) is 72.9 Å². The number of phosphoric ester groups is 1. The average molecular weight is 816 g/mol. The summed E-state index contributed by atoms with van der Waals surface area (Å²) < 4.78 is 100. The quantitative estimate of drug-likeness (QED) is 0.0216. The Morgan fingerprint density at radius 3 is 1.55 bits per heavy atom. The second-order valence-corrected chi connectivity index (χ2v) is 15.3. The Morgan fingerprint density at radius 1 is 0.607 bits per heavy atom. The molecule has 0 heterocycles. The Kier molecular flexibility index (Phi) is 26.4. The molecule has 0 radical (unpaired) electrons. The van der Waals surface area contributed by atoms with Gasteiger partial charge in [-0.15, -0.1) is 0 Å². The summed E-state index contributed by atoms with van der Waals surface area (Å²) in [6.45, 7) is -10.0. The number of unbranched alkanes of at least 4 members (excludes halogenated alkanes) is 12. The highest BCUT2D eigenvalue weighted by Gasteiger charge is 2.27. The van der Waals surface area contributed by atoms with Crippen LogP contribution in [0.15, 0.2) is 72.9 Å². The molecule has 56 heavy (non-hydrogen) atoms. The monoisotopic (exact) mass is 816 g/mol. The van der Waals surface area contributed by atoms with E-state index < -0.39 is 77.6 Å². The molecular formula is C46H81NO8P+. The van der Waals surface area contributed by atoms with E-state index in [4.69, 9.17) is 30.9 Å². The van der Waals surface area contributed by atoms with E-state index in [1.54, 1.807) is 0 Å². The number of likely N-dealkylation sites (N-methyl/N-ethyl adjacent to an activating group) is 1. The fraction of sp³-hybridized carbons (Fsp3) is 0.696. The second kappa shape index (κ2) is 38.0. The van der Waals surface area contributed by atoms with Gasteiger partial charge in [-0.2, -0.15) is 0 Å². The molecular weight excluding hydrogens is 725 g/mol. The van der Waals surface area contributed by atoms with Gasteiger partial charge in [0.25, 0.3) is 0 Å². The number of ether oxygens (including phenoxy) is 2. The second-order valence-electron chi connectivity index (χ2n) is 13.9. The van der Waals surface area contributed by atoms with Crippen molar-refractivity contribution < 1.29 is 54.4 Å². The molecule has 0 aromatic carbocycles. The van der Waals surface area contributed by atoms with Crippen molar-refractivity contribution in [2.75, 3.05) is 47.3 Å². The van der Waals surface area contributed by atoms with Crippen LogP contribution >= 0.6 is 7.82 Å². The Morgan fingerprint density at radius 2 is 1.07 bits per heavy atom. The zero-order chi connectivity index (χ0) is 48.9. The third-order valence-electron chi connectivity index (χ3n) is 8.43. The molecule has 9 nitrogen and oxygen atoms in total. The maximum absolute atomic E-state index is 12.8. The molecule has 322 valence electrons. The van der Waals surface area contributed by atoms with Crippen LogP contribution in [0.3, 0.4) is 0 Å². The first-order valence-electron chi connectivity index (χ1n) is 25.5. The number of quaternary nitrogens is 1. The number of nitrogens with zero attached hydrogens (tertiary/aromatic N) is 1. The van der Waals surface area contributed by atoms with Crippen molar-refractivity contribution >= 4 is 19.8 Å². The fourth-order valence-electron chi connectivity index (χ4n) is 5.25. The number of hydrogen-bond acceptors (Lipinski definition) is 7. The van der Waals surface area contributed by atoms with Crippen molar-refractivity contribution in [2.45, 2.75) is 161 Å². The van der Waals surface area contributed by atoms with Crippen molar-refractivity contribution in [1.29, 1.82) is 0 Å². The molecule has 0 fully saturated rings. The average Bonchev–Trinajstić information content (AvgIpc) is 3.21. The van der Waals surface area contributed by atoms with Crippen molar-refractivity contribution in [3.8, 4) is 0 Å². The van der Waals surface area contributed by atoms with E-state index in [9.17, 15) is 19.0 Å². The van der Waals surface area contributed by atoms with Crippen LogP contribution < -0.4 is 0 Å².